The Bertz CT molecular complexity index is 473. The Hall–Kier alpha value is -0.380. The Balaban J connectivity index is 2.14. The van der Waals surface area contributed by atoms with E-state index in [1.165, 1.54) is 19.3 Å². The highest BCUT2D eigenvalue weighted by Crippen LogP contribution is 2.40. The zero-order chi connectivity index (χ0) is 15.2. The zero-order valence-electron chi connectivity index (χ0n) is 12.1. The smallest absolute Gasteiger partial charge is 0.247 e. The fourth-order valence-electron chi connectivity index (χ4n) is 2.83. The van der Waals surface area contributed by atoms with Crippen LogP contribution in [0.15, 0.2) is 29.2 Å². The minimum absolute atomic E-state index is 0.0147. The lowest BCUT2D eigenvalue weighted by atomic mass is 9.85. The van der Waals surface area contributed by atoms with Crippen LogP contribution in [0.2, 0.25) is 0 Å². The summed E-state index contributed by atoms with van der Waals surface area (Å²) < 4.78 is 5.41. The maximum Gasteiger partial charge on any atom is 0.247 e. The SMILES string of the molecule is CC(=O)C(Sc1ccccc1OC(Cl)Cl)C1CCCCC1. The molecule has 0 spiro atoms. The number of hydrogen-bond donors (Lipinski definition) is 0. The highest BCUT2D eigenvalue weighted by Gasteiger charge is 2.29. The lowest BCUT2D eigenvalue weighted by Crippen LogP contribution is -2.26. The fraction of sp³-hybridized carbons (Fsp3) is 0.562. The summed E-state index contributed by atoms with van der Waals surface area (Å²) in [6, 6.07) is 7.59. The van der Waals surface area contributed by atoms with Gasteiger partial charge >= 0.3 is 0 Å². The van der Waals surface area contributed by atoms with Crippen molar-refractivity contribution in [3.8, 4) is 5.75 Å². The van der Waals surface area contributed by atoms with Crippen LogP contribution in [0.1, 0.15) is 39.0 Å². The molecule has 0 aromatic heterocycles. The Morgan fingerprint density at radius 2 is 1.90 bits per heavy atom. The first kappa shape index (κ1) is 17.0. The molecule has 2 rings (SSSR count). The first-order chi connectivity index (χ1) is 10.1. The van der Waals surface area contributed by atoms with Crippen LogP contribution in [-0.4, -0.2) is 16.1 Å². The predicted octanol–water partition coefficient (Wildman–Crippen LogP) is 5.46. The van der Waals surface area contributed by atoms with E-state index in [1.54, 1.807) is 18.7 Å². The number of carbonyl (C=O) groups excluding carboxylic acids is 1. The van der Waals surface area contributed by atoms with Gasteiger partial charge in [0.2, 0.25) is 5.02 Å². The number of hydrogen-bond acceptors (Lipinski definition) is 3. The molecule has 0 saturated heterocycles. The Kier molecular flexibility index (Phi) is 6.72. The van der Waals surface area contributed by atoms with E-state index in [0.717, 1.165) is 17.7 Å². The van der Waals surface area contributed by atoms with E-state index < -0.39 is 5.02 Å². The van der Waals surface area contributed by atoms with Crippen molar-refractivity contribution in [2.75, 3.05) is 0 Å². The van der Waals surface area contributed by atoms with Gasteiger partial charge in [0.25, 0.3) is 0 Å². The molecule has 0 heterocycles. The second-order valence-electron chi connectivity index (χ2n) is 5.37. The summed E-state index contributed by atoms with van der Waals surface area (Å²) in [5, 5.41) is -0.920. The van der Waals surface area contributed by atoms with E-state index >= 15 is 0 Å². The second-order valence-corrected chi connectivity index (χ2v) is 7.57. The molecule has 116 valence electrons. The molecule has 1 saturated carbocycles. The summed E-state index contributed by atoms with van der Waals surface area (Å²) in [7, 11) is 0. The molecule has 1 atom stereocenters. The third-order valence-corrected chi connectivity index (χ3v) is 5.54. The van der Waals surface area contributed by atoms with Crippen LogP contribution >= 0.6 is 35.0 Å². The third kappa shape index (κ3) is 5.08. The molecule has 5 heteroatoms. The molecule has 0 radical (unpaired) electrons. The van der Waals surface area contributed by atoms with Gasteiger partial charge < -0.3 is 4.74 Å². The fourth-order valence-corrected chi connectivity index (χ4v) is 4.31. The highest BCUT2D eigenvalue weighted by atomic mass is 35.5. The average molecular weight is 347 g/mol. The van der Waals surface area contributed by atoms with Crippen molar-refractivity contribution >= 4 is 40.7 Å². The van der Waals surface area contributed by atoms with Crippen molar-refractivity contribution in [2.45, 2.75) is 54.2 Å². The molecule has 1 aromatic rings. The van der Waals surface area contributed by atoms with E-state index in [1.807, 2.05) is 24.3 Å². The van der Waals surface area contributed by atoms with Gasteiger partial charge in [0, 0.05) is 0 Å². The van der Waals surface area contributed by atoms with Gasteiger partial charge in [-0.05, 0) is 37.8 Å². The molecule has 1 unspecified atom stereocenters. The average Bonchev–Trinajstić information content (AvgIpc) is 2.46. The molecule has 1 aromatic carbocycles. The first-order valence-electron chi connectivity index (χ1n) is 7.29. The summed E-state index contributed by atoms with van der Waals surface area (Å²) in [4.78, 5) is 13.0. The number of rotatable bonds is 6. The molecule has 2 nitrogen and oxygen atoms in total. The van der Waals surface area contributed by atoms with E-state index in [-0.39, 0.29) is 11.0 Å². The van der Waals surface area contributed by atoms with Crippen LogP contribution in [0.5, 0.6) is 5.75 Å². The van der Waals surface area contributed by atoms with Crippen molar-refractivity contribution in [2.24, 2.45) is 5.92 Å². The molecule has 21 heavy (non-hydrogen) atoms. The van der Waals surface area contributed by atoms with Gasteiger partial charge in [0.05, 0.1) is 10.1 Å². The molecular weight excluding hydrogens is 327 g/mol. The lowest BCUT2D eigenvalue weighted by Gasteiger charge is -2.28. The van der Waals surface area contributed by atoms with Gasteiger partial charge in [-0.2, -0.15) is 0 Å². The number of ether oxygens (including phenoxy) is 1. The summed E-state index contributed by atoms with van der Waals surface area (Å²) in [6.45, 7) is 1.68. The maximum atomic E-state index is 12.1. The molecule has 1 aliphatic rings. The molecule has 0 amide bonds. The van der Waals surface area contributed by atoms with Gasteiger partial charge in [-0.15, -0.1) is 11.8 Å². The van der Waals surface area contributed by atoms with Crippen LogP contribution in [0, 0.1) is 5.92 Å². The predicted molar refractivity (Wildman–Crippen MR) is 89.5 cm³/mol. The van der Waals surface area contributed by atoms with Crippen LogP contribution < -0.4 is 4.74 Å². The van der Waals surface area contributed by atoms with E-state index in [9.17, 15) is 4.79 Å². The van der Waals surface area contributed by atoms with Crippen LogP contribution in [-0.2, 0) is 4.79 Å². The van der Waals surface area contributed by atoms with Crippen molar-refractivity contribution < 1.29 is 9.53 Å². The van der Waals surface area contributed by atoms with E-state index in [0.29, 0.717) is 11.7 Å². The number of alkyl halides is 2. The number of Topliss-reactive ketones (excluding diaryl/α,β-unsaturated/α-hetero) is 1. The van der Waals surface area contributed by atoms with Gasteiger partial charge in [0.15, 0.2) is 0 Å². The van der Waals surface area contributed by atoms with Crippen molar-refractivity contribution in [3.05, 3.63) is 24.3 Å². The van der Waals surface area contributed by atoms with Crippen molar-refractivity contribution in [1.82, 2.24) is 0 Å². The minimum Gasteiger partial charge on any atom is -0.460 e. The number of para-hydroxylation sites is 1. The molecule has 1 aliphatic carbocycles. The maximum absolute atomic E-state index is 12.1. The number of carbonyl (C=O) groups is 1. The van der Waals surface area contributed by atoms with Gasteiger partial charge in [0.1, 0.15) is 11.5 Å². The molecular formula is C16H20Cl2O2S. The number of halogens is 2. The number of thioether (sulfide) groups is 1. The van der Waals surface area contributed by atoms with Gasteiger partial charge in [-0.1, -0.05) is 54.6 Å². The summed E-state index contributed by atoms with van der Waals surface area (Å²) in [6.07, 6.45) is 5.99. The molecule has 0 bridgehead atoms. The zero-order valence-corrected chi connectivity index (χ0v) is 14.4. The Morgan fingerprint density at radius 3 is 2.52 bits per heavy atom. The molecule has 1 fully saturated rings. The van der Waals surface area contributed by atoms with Crippen LogP contribution in [0.25, 0.3) is 0 Å². The van der Waals surface area contributed by atoms with Crippen LogP contribution in [0.3, 0.4) is 0 Å². The van der Waals surface area contributed by atoms with Crippen molar-refractivity contribution in [3.63, 3.8) is 0 Å². The summed E-state index contributed by atoms with van der Waals surface area (Å²) >= 11 is 13.0. The van der Waals surface area contributed by atoms with Crippen LogP contribution in [0.4, 0.5) is 0 Å². The minimum atomic E-state index is -0.905. The largest absolute Gasteiger partial charge is 0.460 e. The summed E-state index contributed by atoms with van der Waals surface area (Å²) in [5.74, 6) is 1.33. The highest BCUT2D eigenvalue weighted by molar-refractivity contribution is 8.00. The summed E-state index contributed by atoms with van der Waals surface area (Å²) in [5.41, 5.74) is 0. The van der Waals surface area contributed by atoms with E-state index in [4.69, 9.17) is 27.9 Å². The Morgan fingerprint density at radius 1 is 1.24 bits per heavy atom. The van der Waals surface area contributed by atoms with E-state index in [2.05, 4.69) is 0 Å². The second kappa shape index (κ2) is 8.30. The monoisotopic (exact) mass is 346 g/mol. The van der Waals surface area contributed by atoms with Gasteiger partial charge in [-0.25, -0.2) is 0 Å². The third-order valence-electron chi connectivity index (χ3n) is 3.80. The topological polar surface area (TPSA) is 26.3 Å². The lowest BCUT2D eigenvalue weighted by molar-refractivity contribution is -0.117. The molecule has 0 aliphatic heterocycles. The molecule has 0 N–H and O–H groups in total. The standard InChI is InChI=1S/C16H20Cl2O2S/c1-11(19)15(12-7-3-2-4-8-12)21-14-10-6-5-9-13(14)20-16(17)18/h5-6,9-10,12,15-16H,2-4,7-8H2,1H3. The normalized spacial score (nSPS) is 17.7. The number of ketones is 1. The number of benzene rings is 1. The quantitative estimate of drug-likeness (QED) is 0.505. The van der Waals surface area contributed by atoms with Crippen molar-refractivity contribution in [1.29, 1.82) is 0 Å². The Labute approximate surface area is 140 Å². The van der Waals surface area contributed by atoms with Gasteiger partial charge in [-0.3, -0.25) is 4.79 Å². The first-order valence-corrected chi connectivity index (χ1v) is 9.04.